The molecule has 1 aromatic heterocycles. The zero-order valence-electron chi connectivity index (χ0n) is 11.2. The lowest BCUT2D eigenvalue weighted by molar-refractivity contribution is 0.0701. The lowest BCUT2D eigenvalue weighted by atomic mass is 10.1. The average molecular weight is 276 g/mol. The maximum absolute atomic E-state index is 11.1. The number of aromatic nitrogens is 1. The molecule has 0 spiro atoms. The minimum atomic E-state index is -0.914. The van der Waals surface area contributed by atoms with E-state index in [9.17, 15) is 4.79 Å². The zero-order chi connectivity index (χ0) is 14.0. The normalized spacial score (nSPS) is 10.5. The van der Waals surface area contributed by atoms with Crippen molar-refractivity contribution < 1.29 is 9.90 Å². The standard InChI is InChI=1S/C14H16N2O2S/c1-4-11-12(13(17)18)19-14(16-11)15-10-6-5-8(2)9(3)7-10/h5-7H,4H2,1-3H3,(H,15,16)(H,17,18). The summed E-state index contributed by atoms with van der Waals surface area (Å²) in [4.78, 5) is 15.7. The van der Waals surface area contributed by atoms with Gasteiger partial charge in [0.1, 0.15) is 4.88 Å². The molecule has 2 rings (SSSR count). The molecule has 0 atom stereocenters. The van der Waals surface area contributed by atoms with Crippen molar-refractivity contribution in [3.8, 4) is 0 Å². The van der Waals surface area contributed by atoms with Crippen LogP contribution in [-0.2, 0) is 6.42 Å². The van der Waals surface area contributed by atoms with Crippen molar-refractivity contribution in [1.29, 1.82) is 0 Å². The molecular formula is C14H16N2O2S. The van der Waals surface area contributed by atoms with E-state index < -0.39 is 5.97 Å². The highest BCUT2D eigenvalue weighted by molar-refractivity contribution is 7.17. The Morgan fingerprint density at radius 3 is 2.63 bits per heavy atom. The second-order valence-electron chi connectivity index (χ2n) is 4.38. The molecule has 0 amide bonds. The molecule has 0 aliphatic rings. The molecule has 0 aliphatic heterocycles. The van der Waals surface area contributed by atoms with Crippen LogP contribution in [0.3, 0.4) is 0 Å². The van der Waals surface area contributed by atoms with Crippen LogP contribution in [0.25, 0.3) is 0 Å². The Balaban J connectivity index is 2.28. The lowest BCUT2D eigenvalue weighted by Crippen LogP contribution is -1.97. The molecule has 0 unspecified atom stereocenters. The van der Waals surface area contributed by atoms with Crippen LogP contribution in [0.4, 0.5) is 10.8 Å². The Kier molecular flexibility index (Phi) is 3.85. The van der Waals surface area contributed by atoms with Gasteiger partial charge in [-0.2, -0.15) is 0 Å². The fourth-order valence-electron chi connectivity index (χ4n) is 1.75. The molecule has 100 valence electrons. The Morgan fingerprint density at radius 2 is 2.11 bits per heavy atom. The number of hydrogen-bond donors (Lipinski definition) is 2. The zero-order valence-corrected chi connectivity index (χ0v) is 12.0. The molecule has 0 fully saturated rings. The van der Waals surface area contributed by atoms with Crippen molar-refractivity contribution in [1.82, 2.24) is 4.98 Å². The van der Waals surface area contributed by atoms with E-state index >= 15 is 0 Å². The number of thiazole rings is 1. The maximum Gasteiger partial charge on any atom is 0.347 e. The smallest absolute Gasteiger partial charge is 0.347 e. The first-order valence-electron chi connectivity index (χ1n) is 6.08. The van der Waals surface area contributed by atoms with Crippen LogP contribution in [0.5, 0.6) is 0 Å². The maximum atomic E-state index is 11.1. The summed E-state index contributed by atoms with van der Waals surface area (Å²) in [5, 5.41) is 12.9. The van der Waals surface area contributed by atoms with Crippen molar-refractivity contribution in [2.75, 3.05) is 5.32 Å². The van der Waals surface area contributed by atoms with Gasteiger partial charge in [-0.3, -0.25) is 0 Å². The summed E-state index contributed by atoms with van der Waals surface area (Å²) >= 11 is 1.18. The summed E-state index contributed by atoms with van der Waals surface area (Å²) in [6, 6.07) is 6.03. The van der Waals surface area contributed by atoms with Gasteiger partial charge >= 0.3 is 5.97 Å². The van der Waals surface area contributed by atoms with Gasteiger partial charge in [0.2, 0.25) is 0 Å². The van der Waals surface area contributed by atoms with Crippen LogP contribution in [0.15, 0.2) is 18.2 Å². The highest BCUT2D eigenvalue weighted by Gasteiger charge is 2.15. The number of carbonyl (C=O) groups is 1. The van der Waals surface area contributed by atoms with Crippen molar-refractivity contribution in [3.63, 3.8) is 0 Å². The summed E-state index contributed by atoms with van der Waals surface area (Å²) < 4.78 is 0. The minimum Gasteiger partial charge on any atom is -0.477 e. The number of nitrogens with one attached hydrogen (secondary N) is 1. The van der Waals surface area contributed by atoms with E-state index in [2.05, 4.69) is 17.2 Å². The Morgan fingerprint density at radius 1 is 1.37 bits per heavy atom. The van der Waals surface area contributed by atoms with Gasteiger partial charge in [-0.1, -0.05) is 24.3 Å². The van der Waals surface area contributed by atoms with Crippen LogP contribution >= 0.6 is 11.3 Å². The van der Waals surface area contributed by atoms with E-state index in [1.54, 1.807) is 0 Å². The predicted octanol–water partition coefficient (Wildman–Crippen LogP) is 3.76. The SMILES string of the molecule is CCc1nc(Nc2ccc(C)c(C)c2)sc1C(=O)O. The first-order valence-corrected chi connectivity index (χ1v) is 6.90. The number of carboxylic acids is 1. The summed E-state index contributed by atoms with van der Waals surface area (Å²) in [5.74, 6) is -0.914. The van der Waals surface area contributed by atoms with Crippen LogP contribution in [-0.4, -0.2) is 16.1 Å². The second-order valence-corrected chi connectivity index (χ2v) is 5.38. The third kappa shape index (κ3) is 2.93. The number of benzene rings is 1. The van der Waals surface area contributed by atoms with Gasteiger partial charge in [0.15, 0.2) is 5.13 Å². The third-order valence-electron chi connectivity index (χ3n) is 2.98. The number of carboxylic acid groups (broad SMARTS) is 1. The summed E-state index contributed by atoms with van der Waals surface area (Å²) in [6.07, 6.45) is 0.618. The number of anilines is 2. The molecule has 2 N–H and O–H groups in total. The van der Waals surface area contributed by atoms with Crippen LogP contribution in [0.2, 0.25) is 0 Å². The molecule has 1 heterocycles. The molecule has 4 nitrogen and oxygen atoms in total. The van der Waals surface area contributed by atoms with Crippen molar-refractivity contribution in [3.05, 3.63) is 39.9 Å². The fraction of sp³-hybridized carbons (Fsp3) is 0.286. The van der Waals surface area contributed by atoms with E-state index in [0.29, 0.717) is 22.1 Å². The van der Waals surface area contributed by atoms with Gasteiger partial charge < -0.3 is 10.4 Å². The number of aromatic carboxylic acids is 1. The highest BCUT2D eigenvalue weighted by atomic mass is 32.1. The molecule has 0 saturated carbocycles. The van der Waals surface area contributed by atoms with Gasteiger partial charge in [-0.05, 0) is 43.5 Å². The molecule has 2 aromatic rings. The van der Waals surface area contributed by atoms with E-state index in [1.165, 1.54) is 22.5 Å². The Labute approximate surface area is 116 Å². The van der Waals surface area contributed by atoms with Crippen LogP contribution in [0.1, 0.15) is 33.4 Å². The van der Waals surface area contributed by atoms with E-state index in [0.717, 1.165) is 5.69 Å². The van der Waals surface area contributed by atoms with E-state index in [-0.39, 0.29) is 0 Å². The largest absolute Gasteiger partial charge is 0.477 e. The molecule has 1 aromatic carbocycles. The van der Waals surface area contributed by atoms with Gasteiger partial charge in [0.25, 0.3) is 0 Å². The van der Waals surface area contributed by atoms with Crippen molar-refractivity contribution >= 4 is 28.1 Å². The molecule has 0 bridgehead atoms. The molecule has 0 radical (unpaired) electrons. The lowest BCUT2D eigenvalue weighted by Gasteiger charge is -2.05. The molecule has 19 heavy (non-hydrogen) atoms. The fourth-order valence-corrected chi connectivity index (χ4v) is 2.67. The molecule has 5 heteroatoms. The third-order valence-corrected chi connectivity index (χ3v) is 3.99. The first kappa shape index (κ1) is 13.5. The van der Waals surface area contributed by atoms with Crippen molar-refractivity contribution in [2.45, 2.75) is 27.2 Å². The van der Waals surface area contributed by atoms with Gasteiger partial charge in [-0.15, -0.1) is 0 Å². The van der Waals surface area contributed by atoms with Gasteiger partial charge in [-0.25, -0.2) is 9.78 Å². The quantitative estimate of drug-likeness (QED) is 0.892. The van der Waals surface area contributed by atoms with E-state index in [4.69, 9.17) is 5.11 Å². The number of nitrogens with zero attached hydrogens (tertiary/aromatic N) is 1. The van der Waals surface area contributed by atoms with Crippen LogP contribution in [0, 0.1) is 13.8 Å². The molecule has 0 saturated heterocycles. The number of rotatable bonds is 4. The van der Waals surface area contributed by atoms with Crippen molar-refractivity contribution in [2.24, 2.45) is 0 Å². The summed E-state index contributed by atoms with van der Waals surface area (Å²) in [7, 11) is 0. The summed E-state index contributed by atoms with van der Waals surface area (Å²) in [5.41, 5.74) is 3.97. The highest BCUT2D eigenvalue weighted by Crippen LogP contribution is 2.27. The predicted molar refractivity (Wildman–Crippen MR) is 77.7 cm³/mol. The van der Waals surface area contributed by atoms with Gasteiger partial charge in [0.05, 0.1) is 5.69 Å². The number of aryl methyl sites for hydroxylation is 3. The minimum absolute atomic E-state index is 0.314. The Hall–Kier alpha value is -1.88. The first-order chi connectivity index (χ1) is 9.01. The van der Waals surface area contributed by atoms with Crippen LogP contribution < -0.4 is 5.32 Å². The molecule has 0 aliphatic carbocycles. The monoisotopic (exact) mass is 276 g/mol. The second kappa shape index (κ2) is 5.40. The van der Waals surface area contributed by atoms with E-state index in [1.807, 2.05) is 32.0 Å². The topological polar surface area (TPSA) is 62.2 Å². The average Bonchev–Trinajstić information content (AvgIpc) is 2.77. The number of hydrogen-bond acceptors (Lipinski definition) is 4. The van der Waals surface area contributed by atoms with Gasteiger partial charge in [0, 0.05) is 5.69 Å². The molecular weight excluding hydrogens is 260 g/mol. The Bertz CT molecular complexity index is 620. The summed E-state index contributed by atoms with van der Waals surface area (Å²) in [6.45, 7) is 6.00.